The van der Waals surface area contributed by atoms with Gasteiger partial charge in [-0.25, -0.2) is 14.2 Å². The molecular weight excluding hydrogens is 359 g/mol. The third-order valence-corrected chi connectivity index (χ3v) is 4.34. The summed E-state index contributed by atoms with van der Waals surface area (Å²) in [7, 11) is 0. The number of fused-ring (bicyclic) bond motifs is 1. The molecule has 0 aliphatic rings. The van der Waals surface area contributed by atoms with E-state index in [9.17, 15) is 14.0 Å². The summed E-state index contributed by atoms with van der Waals surface area (Å²) in [6.45, 7) is 4.80. The van der Waals surface area contributed by atoms with Crippen molar-refractivity contribution in [3.63, 3.8) is 0 Å². The summed E-state index contributed by atoms with van der Waals surface area (Å²) in [5.74, 6) is 0.468. The van der Waals surface area contributed by atoms with Gasteiger partial charge >= 0.3 is 6.03 Å². The average molecular weight is 382 g/mol. The van der Waals surface area contributed by atoms with E-state index >= 15 is 0 Å². The monoisotopic (exact) mass is 382 g/mol. The molecule has 0 saturated heterocycles. The zero-order valence-corrected chi connectivity index (χ0v) is 15.9. The highest BCUT2D eigenvalue weighted by Crippen LogP contribution is 2.13. The number of benzene rings is 2. The van der Waals surface area contributed by atoms with Crippen molar-refractivity contribution in [2.24, 2.45) is 5.92 Å². The van der Waals surface area contributed by atoms with Crippen LogP contribution in [0.15, 0.2) is 53.3 Å². The molecule has 2 N–H and O–H groups in total. The molecule has 146 valence electrons. The summed E-state index contributed by atoms with van der Waals surface area (Å²) in [6.07, 6.45) is 0.877. The average Bonchev–Trinajstić information content (AvgIpc) is 2.67. The Morgan fingerprint density at radius 2 is 1.82 bits per heavy atom. The lowest BCUT2D eigenvalue weighted by Gasteiger charge is -2.15. The molecule has 0 saturated carbocycles. The topological polar surface area (TPSA) is 76.0 Å². The van der Waals surface area contributed by atoms with Crippen LogP contribution in [0.4, 0.5) is 9.18 Å². The molecule has 2 amide bonds. The van der Waals surface area contributed by atoms with Crippen LogP contribution in [0.1, 0.15) is 26.1 Å². The van der Waals surface area contributed by atoms with Crippen molar-refractivity contribution in [3.05, 3.63) is 70.5 Å². The van der Waals surface area contributed by atoms with Gasteiger partial charge < -0.3 is 10.6 Å². The minimum atomic E-state index is -0.394. The number of rotatable bonds is 6. The Labute approximate surface area is 162 Å². The smallest absolute Gasteiger partial charge is 0.315 e. The van der Waals surface area contributed by atoms with Gasteiger partial charge in [-0.1, -0.05) is 26.0 Å². The van der Waals surface area contributed by atoms with Gasteiger partial charge in [0.1, 0.15) is 11.6 Å². The number of carbonyl (C=O) groups excluding carboxylic acids is 1. The van der Waals surface area contributed by atoms with Crippen LogP contribution in [0.3, 0.4) is 0 Å². The maximum Gasteiger partial charge on any atom is 0.315 e. The first-order valence-electron chi connectivity index (χ1n) is 9.24. The summed E-state index contributed by atoms with van der Waals surface area (Å²) in [5, 5.41) is 5.98. The molecule has 0 spiro atoms. The van der Waals surface area contributed by atoms with E-state index < -0.39 is 5.82 Å². The quantitative estimate of drug-likeness (QED) is 0.686. The van der Waals surface area contributed by atoms with E-state index in [4.69, 9.17) is 0 Å². The number of urea groups is 1. The van der Waals surface area contributed by atoms with Gasteiger partial charge in [0, 0.05) is 6.54 Å². The summed E-state index contributed by atoms with van der Waals surface area (Å²) in [6, 6.07) is 12.3. The Morgan fingerprint density at radius 3 is 2.54 bits per heavy atom. The number of carbonyl (C=O) groups is 1. The van der Waals surface area contributed by atoms with Gasteiger partial charge in [0.05, 0.1) is 23.1 Å². The fourth-order valence-electron chi connectivity index (χ4n) is 2.85. The van der Waals surface area contributed by atoms with Crippen LogP contribution in [-0.4, -0.2) is 22.1 Å². The molecule has 6 nitrogen and oxygen atoms in total. The molecule has 0 fully saturated rings. The molecule has 0 aliphatic heterocycles. The Morgan fingerprint density at radius 1 is 1.11 bits per heavy atom. The second-order valence-electron chi connectivity index (χ2n) is 6.95. The second-order valence-corrected chi connectivity index (χ2v) is 6.95. The van der Waals surface area contributed by atoms with E-state index in [1.54, 1.807) is 24.3 Å². The van der Waals surface area contributed by atoms with E-state index in [0.29, 0.717) is 34.9 Å². The van der Waals surface area contributed by atoms with E-state index in [1.807, 2.05) is 0 Å². The molecule has 2 aromatic carbocycles. The highest BCUT2D eigenvalue weighted by atomic mass is 19.1. The van der Waals surface area contributed by atoms with Crippen molar-refractivity contribution >= 4 is 16.9 Å². The predicted molar refractivity (Wildman–Crippen MR) is 107 cm³/mol. The van der Waals surface area contributed by atoms with E-state index in [1.165, 1.54) is 28.8 Å². The van der Waals surface area contributed by atoms with Crippen LogP contribution >= 0.6 is 0 Å². The third-order valence-electron chi connectivity index (χ3n) is 4.34. The van der Waals surface area contributed by atoms with Crippen LogP contribution in [0, 0.1) is 11.7 Å². The number of aromatic nitrogens is 2. The van der Waals surface area contributed by atoms with Crippen LogP contribution in [0.25, 0.3) is 16.6 Å². The lowest BCUT2D eigenvalue weighted by Crippen LogP contribution is -2.37. The molecule has 0 atom stereocenters. The maximum atomic E-state index is 13.3. The minimum absolute atomic E-state index is 0.0605. The summed E-state index contributed by atoms with van der Waals surface area (Å²) in [4.78, 5) is 29.6. The molecular formula is C21H23FN4O2. The highest BCUT2D eigenvalue weighted by molar-refractivity contribution is 5.78. The fraction of sp³-hybridized carbons (Fsp3) is 0.286. The standard InChI is InChI=1S/C21H23FN4O2/c1-14(2)11-12-23-21(28)24-13-19-25-18-6-4-3-5-17(18)20(27)26(19)16-9-7-15(22)8-10-16/h3-10,14H,11-13H2,1-2H3,(H2,23,24,28). The first kappa shape index (κ1) is 19.5. The zero-order chi connectivity index (χ0) is 20.1. The van der Waals surface area contributed by atoms with Gasteiger partial charge in [0.15, 0.2) is 0 Å². The third kappa shape index (κ3) is 4.54. The van der Waals surface area contributed by atoms with Gasteiger partial charge in [-0.15, -0.1) is 0 Å². The predicted octanol–water partition coefficient (Wildman–Crippen LogP) is 3.37. The second kappa shape index (κ2) is 8.65. The normalized spacial score (nSPS) is 11.0. The Hall–Kier alpha value is -3.22. The number of hydrogen-bond acceptors (Lipinski definition) is 3. The molecule has 1 heterocycles. The van der Waals surface area contributed by atoms with Crippen molar-refractivity contribution in [1.29, 1.82) is 0 Å². The van der Waals surface area contributed by atoms with Gasteiger partial charge in [-0.2, -0.15) is 0 Å². The lowest BCUT2D eigenvalue weighted by molar-refractivity contribution is 0.239. The molecule has 1 aromatic heterocycles. The maximum absolute atomic E-state index is 13.3. The van der Waals surface area contributed by atoms with E-state index in [0.717, 1.165) is 6.42 Å². The van der Waals surface area contributed by atoms with Crippen LogP contribution < -0.4 is 16.2 Å². The molecule has 3 rings (SSSR count). The number of hydrogen-bond donors (Lipinski definition) is 2. The summed E-state index contributed by atoms with van der Waals surface area (Å²) >= 11 is 0. The van der Waals surface area contributed by atoms with Gasteiger partial charge in [0.2, 0.25) is 0 Å². The SMILES string of the molecule is CC(C)CCNC(=O)NCc1nc2ccccc2c(=O)n1-c1ccc(F)cc1. The van der Waals surface area contributed by atoms with Crippen molar-refractivity contribution in [3.8, 4) is 5.69 Å². The Bertz CT molecular complexity index is 1030. The number of amides is 2. The highest BCUT2D eigenvalue weighted by Gasteiger charge is 2.13. The molecule has 3 aromatic rings. The lowest BCUT2D eigenvalue weighted by atomic mass is 10.1. The fourth-order valence-corrected chi connectivity index (χ4v) is 2.85. The minimum Gasteiger partial charge on any atom is -0.338 e. The first-order chi connectivity index (χ1) is 13.5. The molecule has 0 aliphatic carbocycles. The summed E-state index contributed by atoms with van der Waals surface area (Å²) < 4.78 is 14.7. The summed E-state index contributed by atoms with van der Waals surface area (Å²) in [5.41, 5.74) is 0.763. The van der Waals surface area contributed by atoms with Gasteiger partial charge in [0.25, 0.3) is 5.56 Å². The van der Waals surface area contributed by atoms with Crippen molar-refractivity contribution in [2.45, 2.75) is 26.8 Å². The van der Waals surface area contributed by atoms with E-state index in [-0.39, 0.29) is 18.1 Å². The number of halogens is 1. The van der Waals surface area contributed by atoms with Crippen molar-refractivity contribution in [1.82, 2.24) is 20.2 Å². The number of nitrogens with zero attached hydrogens (tertiary/aromatic N) is 2. The van der Waals surface area contributed by atoms with Crippen LogP contribution in [-0.2, 0) is 6.54 Å². The van der Waals surface area contributed by atoms with E-state index in [2.05, 4.69) is 29.5 Å². The molecule has 0 unspecified atom stereocenters. The van der Waals surface area contributed by atoms with Gasteiger partial charge in [-0.05, 0) is 48.7 Å². The molecule has 28 heavy (non-hydrogen) atoms. The van der Waals surface area contributed by atoms with Crippen molar-refractivity contribution < 1.29 is 9.18 Å². The van der Waals surface area contributed by atoms with Gasteiger partial charge in [-0.3, -0.25) is 9.36 Å². The van der Waals surface area contributed by atoms with Crippen molar-refractivity contribution in [2.75, 3.05) is 6.54 Å². The Balaban J connectivity index is 1.91. The molecule has 0 bridgehead atoms. The van der Waals surface area contributed by atoms with Crippen LogP contribution in [0.5, 0.6) is 0 Å². The number of nitrogens with one attached hydrogen (secondary N) is 2. The largest absolute Gasteiger partial charge is 0.338 e. The van der Waals surface area contributed by atoms with Crippen LogP contribution in [0.2, 0.25) is 0 Å². The molecule has 0 radical (unpaired) electrons. The number of para-hydroxylation sites is 1. The molecule has 7 heteroatoms. The first-order valence-corrected chi connectivity index (χ1v) is 9.24. The Kier molecular flexibility index (Phi) is 6.03. The zero-order valence-electron chi connectivity index (χ0n) is 15.9.